The minimum atomic E-state index is -0.376. The van der Waals surface area contributed by atoms with Gasteiger partial charge in [0.25, 0.3) is 5.91 Å². The Balaban J connectivity index is 1.36. The number of ether oxygens (including phenoxy) is 4. The number of halogens is 1. The normalized spacial score (nSPS) is 10.7. The Morgan fingerprint density at radius 2 is 1.46 bits per heavy atom. The van der Waals surface area contributed by atoms with Gasteiger partial charge in [0.15, 0.2) is 23.0 Å². The zero-order chi connectivity index (χ0) is 27.5. The fourth-order valence-corrected chi connectivity index (χ4v) is 3.89. The lowest BCUT2D eigenvalue weighted by atomic mass is 10.2. The smallest absolute Gasteiger partial charge is 0.271 e. The second kappa shape index (κ2) is 14.0. The molecule has 4 aromatic carbocycles. The molecule has 0 heterocycles. The largest absolute Gasteiger partial charge is 0.493 e. The highest BCUT2D eigenvalue weighted by Gasteiger charge is 2.12. The highest BCUT2D eigenvalue weighted by atomic mass is 79.9. The zero-order valence-electron chi connectivity index (χ0n) is 21.7. The predicted molar refractivity (Wildman–Crippen MR) is 155 cm³/mol. The molecule has 0 aliphatic heterocycles. The van der Waals surface area contributed by atoms with Crippen LogP contribution in [0.2, 0.25) is 0 Å². The van der Waals surface area contributed by atoms with Gasteiger partial charge in [0.1, 0.15) is 13.2 Å². The summed E-state index contributed by atoms with van der Waals surface area (Å²) < 4.78 is 24.0. The number of rotatable bonds is 12. The molecular formula is C31H29BrN2O5. The van der Waals surface area contributed by atoms with Gasteiger partial charge in [-0.15, -0.1) is 0 Å². The first-order chi connectivity index (χ1) is 19.1. The molecule has 0 aliphatic rings. The third-order valence-electron chi connectivity index (χ3n) is 5.62. The Labute approximate surface area is 236 Å². The van der Waals surface area contributed by atoms with Crippen molar-refractivity contribution < 1.29 is 23.7 Å². The first kappa shape index (κ1) is 27.7. The number of hydrogen-bond donors (Lipinski definition) is 1. The van der Waals surface area contributed by atoms with Crippen molar-refractivity contribution in [2.24, 2.45) is 5.10 Å². The number of carbonyl (C=O) groups is 1. The predicted octanol–water partition coefficient (Wildman–Crippen LogP) is 6.78. The van der Waals surface area contributed by atoms with Gasteiger partial charge in [0.05, 0.1) is 19.9 Å². The number of benzene rings is 4. The van der Waals surface area contributed by atoms with Gasteiger partial charge in [-0.3, -0.25) is 4.79 Å². The molecule has 0 bridgehead atoms. The van der Waals surface area contributed by atoms with Crippen LogP contribution in [0.5, 0.6) is 23.0 Å². The molecule has 4 aromatic rings. The molecule has 0 aromatic heterocycles. The molecule has 4 rings (SSSR count). The van der Waals surface area contributed by atoms with Gasteiger partial charge in [-0.1, -0.05) is 58.4 Å². The van der Waals surface area contributed by atoms with Crippen LogP contribution < -0.4 is 24.4 Å². The van der Waals surface area contributed by atoms with Crippen LogP contribution in [0.3, 0.4) is 0 Å². The molecule has 1 N–H and O–H groups in total. The van der Waals surface area contributed by atoms with Crippen molar-refractivity contribution in [1.82, 2.24) is 5.43 Å². The number of hydrazone groups is 1. The monoisotopic (exact) mass is 588 g/mol. The van der Waals surface area contributed by atoms with Crippen LogP contribution in [0.4, 0.5) is 0 Å². The van der Waals surface area contributed by atoms with Gasteiger partial charge in [-0.2, -0.15) is 5.10 Å². The van der Waals surface area contributed by atoms with E-state index in [9.17, 15) is 4.79 Å². The summed E-state index contributed by atoms with van der Waals surface area (Å²) >= 11 is 3.44. The molecule has 200 valence electrons. The highest BCUT2D eigenvalue weighted by Crippen LogP contribution is 2.30. The Hall–Kier alpha value is -4.30. The van der Waals surface area contributed by atoms with Crippen molar-refractivity contribution in [3.63, 3.8) is 0 Å². The molecule has 0 spiro atoms. The Morgan fingerprint density at radius 3 is 2.15 bits per heavy atom. The lowest BCUT2D eigenvalue weighted by Crippen LogP contribution is -2.17. The standard InChI is InChI=1S/C31H29BrN2O5/c1-3-37-30-17-24(11-15-28(30)39-21-23-9-13-26(32)14-10-23)19-33-34-31(35)25-12-16-27(29(18-25)36-2)38-20-22-7-5-4-6-8-22/h4-19H,3,20-21H2,1-2H3,(H,34,35)/b33-19+. The van der Waals surface area contributed by atoms with Crippen LogP contribution in [0.25, 0.3) is 0 Å². The van der Waals surface area contributed by atoms with Crippen LogP contribution in [0.1, 0.15) is 34.0 Å². The van der Waals surface area contributed by atoms with Crippen LogP contribution in [-0.2, 0) is 13.2 Å². The summed E-state index contributed by atoms with van der Waals surface area (Å²) in [6.45, 7) is 3.20. The maximum absolute atomic E-state index is 12.7. The molecule has 7 nitrogen and oxygen atoms in total. The van der Waals surface area contributed by atoms with Gasteiger partial charge in [-0.25, -0.2) is 5.43 Å². The van der Waals surface area contributed by atoms with Crippen LogP contribution in [-0.4, -0.2) is 25.8 Å². The molecule has 0 unspecified atom stereocenters. The Bertz CT molecular complexity index is 1410. The van der Waals surface area contributed by atoms with Gasteiger partial charge in [-0.05, 0) is 72.1 Å². The zero-order valence-corrected chi connectivity index (χ0v) is 23.3. The second-order valence-corrected chi connectivity index (χ2v) is 9.31. The van der Waals surface area contributed by atoms with E-state index in [-0.39, 0.29) is 5.91 Å². The van der Waals surface area contributed by atoms with E-state index in [2.05, 4.69) is 26.5 Å². The third-order valence-corrected chi connectivity index (χ3v) is 6.15. The van der Waals surface area contributed by atoms with Gasteiger partial charge in [0.2, 0.25) is 0 Å². The molecule has 0 aliphatic carbocycles. The quantitative estimate of drug-likeness (QED) is 0.146. The minimum Gasteiger partial charge on any atom is -0.493 e. The number of carbonyl (C=O) groups excluding carboxylic acids is 1. The number of methoxy groups -OCH3 is 1. The fourth-order valence-electron chi connectivity index (χ4n) is 3.63. The lowest BCUT2D eigenvalue weighted by Gasteiger charge is -2.13. The summed E-state index contributed by atoms with van der Waals surface area (Å²) in [4.78, 5) is 12.7. The first-order valence-corrected chi connectivity index (χ1v) is 13.2. The summed E-state index contributed by atoms with van der Waals surface area (Å²) in [5.41, 5.74) is 5.77. The average Bonchev–Trinajstić information content (AvgIpc) is 2.97. The van der Waals surface area contributed by atoms with E-state index in [1.165, 1.54) is 7.11 Å². The Kier molecular flexibility index (Phi) is 9.97. The molecule has 0 atom stereocenters. The number of amides is 1. The van der Waals surface area contributed by atoms with Crippen LogP contribution in [0.15, 0.2) is 101 Å². The summed E-state index contributed by atoms with van der Waals surface area (Å²) in [7, 11) is 1.53. The molecule has 0 saturated carbocycles. The summed E-state index contributed by atoms with van der Waals surface area (Å²) in [6.07, 6.45) is 1.55. The van der Waals surface area contributed by atoms with Gasteiger partial charge in [0, 0.05) is 10.0 Å². The molecular weight excluding hydrogens is 560 g/mol. The topological polar surface area (TPSA) is 78.4 Å². The maximum Gasteiger partial charge on any atom is 0.271 e. The van der Waals surface area contributed by atoms with Crippen molar-refractivity contribution in [2.75, 3.05) is 13.7 Å². The summed E-state index contributed by atoms with van der Waals surface area (Å²) in [5, 5.41) is 4.11. The maximum atomic E-state index is 12.7. The molecule has 0 fully saturated rings. The molecule has 0 radical (unpaired) electrons. The number of hydrogen-bond acceptors (Lipinski definition) is 6. The van der Waals surface area contributed by atoms with Gasteiger partial charge < -0.3 is 18.9 Å². The van der Waals surface area contributed by atoms with Crippen LogP contribution in [0, 0.1) is 0 Å². The molecule has 8 heteroatoms. The SMILES string of the molecule is CCOc1cc(/C=N/NC(=O)c2ccc(OCc3ccccc3)c(OC)c2)ccc1OCc1ccc(Br)cc1. The third kappa shape index (κ3) is 8.09. The summed E-state index contributed by atoms with van der Waals surface area (Å²) in [5.74, 6) is 1.86. The fraction of sp³-hybridized carbons (Fsp3) is 0.161. The van der Waals surface area contributed by atoms with Crippen LogP contribution >= 0.6 is 15.9 Å². The van der Waals surface area contributed by atoms with Crippen molar-refractivity contribution in [1.29, 1.82) is 0 Å². The highest BCUT2D eigenvalue weighted by molar-refractivity contribution is 9.10. The number of nitrogens with one attached hydrogen (secondary N) is 1. The van der Waals surface area contributed by atoms with E-state index in [0.717, 1.165) is 21.2 Å². The van der Waals surface area contributed by atoms with Crippen molar-refractivity contribution >= 4 is 28.1 Å². The Morgan fingerprint density at radius 1 is 0.795 bits per heavy atom. The molecule has 1 amide bonds. The minimum absolute atomic E-state index is 0.376. The van der Waals surface area contributed by atoms with E-state index in [1.54, 1.807) is 24.4 Å². The van der Waals surface area contributed by atoms with E-state index in [1.807, 2.05) is 79.7 Å². The van der Waals surface area contributed by atoms with E-state index >= 15 is 0 Å². The van der Waals surface area contributed by atoms with E-state index in [0.29, 0.717) is 48.4 Å². The molecule has 39 heavy (non-hydrogen) atoms. The number of nitrogens with zero attached hydrogens (tertiary/aromatic N) is 1. The van der Waals surface area contributed by atoms with E-state index in [4.69, 9.17) is 18.9 Å². The summed E-state index contributed by atoms with van der Waals surface area (Å²) in [6, 6.07) is 28.2. The average molecular weight is 589 g/mol. The molecule has 0 saturated heterocycles. The lowest BCUT2D eigenvalue weighted by molar-refractivity contribution is 0.0954. The van der Waals surface area contributed by atoms with Crippen molar-refractivity contribution in [3.8, 4) is 23.0 Å². The second-order valence-electron chi connectivity index (χ2n) is 8.39. The van der Waals surface area contributed by atoms with Crippen molar-refractivity contribution in [2.45, 2.75) is 20.1 Å². The first-order valence-electron chi connectivity index (χ1n) is 12.4. The van der Waals surface area contributed by atoms with E-state index < -0.39 is 0 Å². The van der Waals surface area contributed by atoms with Crippen molar-refractivity contribution in [3.05, 3.63) is 118 Å². The van der Waals surface area contributed by atoms with Gasteiger partial charge >= 0.3 is 0 Å².